The van der Waals surface area contributed by atoms with E-state index in [0.29, 0.717) is 19.5 Å². The van der Waals surface area contributed by atoms with Crippen LogP contribution in [0.4, 0.5) is 0 Å². The quantitative estimate of drug-likeness (QED) is 0.889. The number of fused-ring (bicyclic) bond motifs is 1. The molecule has 6 heteroatoms. The molecule has 138 valence electrons. The SMILES string of the molecule is COC(C)(C)C(=O)N1CC[C@@]2(O)CCN(Cc3ccncc3)C[C@H]2C1. The van der Waals surface area contributed by atoms with Crippen molar-refractivity contribution >= 4 is 5.91 Å². The third kappa shape index (κ3) is 3.86. The highest BCUT2D eigenvalue weighted by atomic mass is 16.5. The Balaban J connectivity index is 1.66. The van der Waals surface area contributed by atoms with Gasteiger partial charge < -0.3 is 14.7 Å². The second-order valence-electron chi connectivity index (χ2n) is 7.86. The predicted octanol–water partition coefficient (Wildman–Crippen LogP) is 1.29. The van der Waals surface area contributed by atoms with Crippen LogP contribution in [0.5, 0.6) is 0 Å². The van der Waals surface area contributed by atoms with E-state index >= 15 is 0 Å². The van der Waals surface area contributed by atoms with Gasteiger partial charge in [-0.1, -0.05) is 0 Å². The zero-order valence-electron chi connectivity index (χ0n) is 15.4. The van der Waals surface area contributed by atoms with Gasteiger partial charge in [-0.2, -0.15) is 0 Å². The van der Waals surface area contributed by atoms with E-state index in [9.17, 15) is 9.90 Å². The van der Waals surface area contributed by atoms with Crippen molar-refractivity contribution in [1.29, 1.82) is 0 Å². The summed E-state index contributed by atoms with van der Waals surface area (Å²) in [4.78, 5) is 21.0. The third-order valence-electron chi connectivity index (χ3n) is 5.82. The van der Waals surface area contributed by atoms with Crippen LogP contribution in [0.15, 0.2) is 24.5 Å². The highest BCUT2D eigenvalue weighted by Gasteiger charge is 2.47. The Labute approximate surface area is 149 Å². The maximum absolute atomic E-state index is 12.7. The molecule has 0 aliphatic carbocycles. The van der Waals surface area contributed by atoms with Crippen molar-refractivity contribution in [2.45, 2.75) is 44.4 Å². The molecular weight excluding hydrogens is 318 g/mol. The lowest BCUT2D eigenvalue weighted by atomic mass is 9.75. The van der Waals surface area contributed by atoms with Gasteiger partial charge in [-0.25, -0.2) is 0 Å². The van der Waals surface area contributed by atoms with Crippen molar-refractivity contribution < 1.29 is 14.6 Å². The van der Waals surface area contributed by atoms with E-state index < -0.39 is 11.2 Å². The van der Waals surface area contributed by atoms with Crippen molar-refractivity contribution in [3.63, 3.8) is 0 Å². The summed E-state index contributed by atoms with van der Waals surface area (Å²) < 4.78 is 5.34. The monoisotopic (exact) mass is 347 g/mol. The van der Waals surface area contributed by atoms with Gasteiger partial charge in [0, 0.05) is 58.1 Å². The Morgan fingerprint density at radius 2 is 2.00 bits per heavy atom. The van der Waals surface area contributed by atoms with E-state index in [2.05, 4.69) is 9.88 Å². The Bertz CT molecular complexity index is 607. The molecule has 0 aromatic carbocycles. The van der Waals surface area contributed by atoms with Gasteiger partial charge in [-0.15, -0.1) is 0 Å². The number of hydrogen-bond acceptors (Lipinski definition) is 5. The normalized spacial score (nSPS) is 27.8. The molecule has 1 N–H and O–H groups in total. The first-order chi connectivity index (χ1) is 11.8. The Kier molecular flexibility index (Phi) is 5.14. The molecule has 0 spiro atoms. The number of ether oxygens (including phenoxy) is 1. The second kappa shape index (κ2) is 7.02. The molecule has 3 heterocycles. The van der Waals surface area contributed by atoms with Gasteiger partial charge in [0.25, 0.3) is 5.91 Å². The molecule has 1 aromatic heterocycles. The Morgan fingerprint density at radius 3 is 2.68 bits per heavy atom. The summed E-state index contributed by atoms with van der Waals surface area (Å²) in [6.45, 7) is 7.33. The lowest BCUT2D eigenvalue weighted by Gasteiger charge is -2.51. The van der Waals surface area contributed by atoms with E-state index in [0.717, 1.165) is 26.1 Å². The zero-order valence-corrected chi connectivity index (χ0v) is 15.4. The van der Waals surface area contributed by atoms with Crippen molar-refractivity contribution in [2.75, 3.05) is 33.3 Å². The molecule has 2 saturated heterocycles. The number of carbonyl (C=O) groups excluding carboxylic acids is 1. The van der Waals surface area contributed by atoms with Crippen LogP contribution >= 0.6 is 0 Å². The highest BCUT2D eigenvalue weighted by molar-refractivity contribution is 5.84. The van der Waals surface area contributed by atoms with Crippen LogP contribution < -0.4 is 0 Å². The molecule has 1 aromatic rings. The smallest absolute Gasteiger partial charge is 0.254 e. The average molecular weight is 347 g/mol. The summed E-state index contributed by atoms with van der Waals surface area (Å²) in [7, 11) is 1.56. The van der Waals surface area contributed by atoms with Crippen LogP contribution in [0.2, 0.25) is 0 Å². The van der Waals surface area contributed by atoms with Gasteiger partial charge in [-0.3, -0.25) is 14.7 Å². The first-order valence-electron chi connectivity index (χ1n) is 9.02. The Hall–Kier alpha value is -1.50. The van der Waals surface area contributed by atoms with Crippen molar-refractivity contribution in [2.24, 2.45) is 5.92 Å². The molecule has 2 atom stereocenters. The summed E-state index contributed by atoms with van der Waals surface area (Å²) in [6.07, 6.45) is 5.03. The third-order valence-corrected chi connectivity index (χ3v) is 5.82. The number of carbonyl (C=O) groups is 1. The average Bonchev–Trinajstić information content (AvgIpc) is 2.62. The number of amides is 1. The number of hydrogen-bond donors (Lipinski definition) is 1. The summed E-state index contributed by atoms with van der Waals surface area (Å²) in [6, 6.07) is 4.05. The molecular formula is C19H29N3O3. The predicted molar refractivity (Wildman–Crippen MR) is 94.9 cm³/mol. The summed E-state index contributed by atoms with van der Waals surface area (Å²) in [5, 5.41) is 11.0. The maximum Gasteiger partial charge on any atom is 0.254 e. The van der Waals surface area contributed by atoms with Crippen LogP contribution in [0.25, 0.3) is 0 Å². The molecule has 0 bridgehead atoms. The highest BCUT2D eigenvalue weighted by Crippen LogP contribution is 2.36. The number of rotatable bonds is 4. The minimum absolute atomic E-state index is 0.00306. The van der Waals surface area contributed by atoms with E-state index in [1.807, 2.05) is 29.4 Å². The standard InChI is InChI=1S/C19H29N3O3/c1-18(2,25-3)17(23)22-11-7-19(24)6-10-21(13-16(19)14-22)12-15-4-8-20-9-5-15/h4-5,8-9,16,24H,6-7,10-14H2,1-3H3/t16-,19-/m0/s1. The molecule has 1 amide bonds. The molecule has 0 radical (unpaired) electrons. The molecule has 2 fully saturated rings. The molecule has 2 aliphatic rings. The van der Waals surface area contributed by atoms with Crippen LogP contribution in [0.1, 0.15) is 32.3 Å². The number of likely N-dealkylation sites (tertiary alicyclic amines) is 2. The summed E-state index contributed by atoms with van der Waals surface area (Å²) in [5.41, 5.74) is -0.242. The lowest BCUT2D eigenvalue weighted by molar-refractivity contribution is -0.163. The first kappa shape index (κ1) is 18.3. The fourth-order valence-electron chi connectivity index (χ4n) is 3.91. The maximum atomic E-state index is 12.7. The van der Waals surface area contributed by atoms with Gasteiger partial charge in [0.05, 0.1) is 5.60 Å². The Morgan fingerprint density at radius 1 is 1.32 bits per heavy atom. The van der Waals surface area contributed by atoms with Gasteiger partial charge in [0.15, 0.2) is 0 Å². The number of piperidine rings is 2. The van der Waals surface area contributed by atoms with Crippen molar-refractivity contribution in [3.05, 3.63) is 30.1 Å². The number of pyridine rings is 1. The van der Waals surface area contributed by atoms with Gasteiger partial charge in [-0.05, 0) is 44.4 Å². The molecule has 6 nitrogen and oxygen atoms in total. The first-order valence-corrected chi connectivity index (χ1v) is 9.02. The van der Waals surface area contributed by atoms with Gasteiger partial charge in [0.1, 0.15) is 5.60 Å². The van der Waals surface area contributed by atoms with Crippen molar-refractivity contribution in [1.82, 2.24) is 14.8 Å². The van der Waals surface area contributed by atoms with Crippen LogP contribution in [-0.2, 0) is 16.1 Å². The second-order valence-corrected chi connectivity index (χ2v) is 7.86. The van der Waals surface area contributed by atoms with Crippen LogP contribution in [0, 0.1) is 5.92 Å². The van der Waals surface area contributed by atoms with Crippen molar-refractivity contribution in [3.8, 4) is 0 Å². The molecule has 25 heavy (non-hydrogen) atoms. The fourth-order valence-corrected chi connectivity index (χ4v) is 3.91. The van der Waals surface area contributed by atoms with E-state index in [4.69, 9.17) is 4.74 Å². The number of nitrogens with zero attached hydrogens (tertiary/aromatic N) is 3. The zero-order chi connectivity index (χ0) is 18.1. The molecule has 0 saturated carbocycles. The topological polar surface area (TPSA) is 65.9 Å². The van der Waals surface area contributed by atoms with Crippen LogP contribution in [0.3, 0.4) is 0 Å². The number of aliphatic hydroxyl groups is 1. The number of aromatic nitrogens is 1. The van der Waals surface area contributed by atoms with Gasteiger partial charge >= 0.3 is 0 Å². The lowest BCUT2D eigenvalue weighted by Crippen LogP contribution is -2.62. The largest absolute Gasteiger partial charge is 0.389 e. The molecule has 0 unspecified atom stereocenters. The van der Waals surface area contributed by atoms with E-state index in [1.54, 1.807) is 21.0 Å². The fraction of sp³-hybridized carbons (Fsp3) is 0.684. The summed E-state index contributed by atoms with van der Waals surface area (Å²) in [5.74, 6) is 0.0803. The minimum Gasteiger partial charge on any atom is -0.389 e. The van der Waals surface area contributed by atoms with E-state index in [1.165, 1.54) is 5.56 Å². The minimum atomic E-state index is -0.819. The molecule has 2 aliphatic heterocycles. The van der Waals surface area contributed by atoms with E-state index in [-0.39, 0.29) is 11.8 Å². The van der Waals surface area contributed by atoms with Crippen LogP contribution in [-0.4, -0.2) is 70.3 Å². The molecule has 3 rings (SSSR count). The van der Waals surface area contributed by atoms with Gasteiger partial charge in [0.2, 0.25) is 0 Å². The summed E-state index contributed by atoms with van der Waals surface area (Å²) >= 11 is 0. The number of methoxy groups -OCH3 is 1.